The first kappa shape index (κ1) is 15.5. The number of carbonyl (C=O) groups is 1. The van der Waals surface area contributed by atoms with Gasteiger partial charge in [0.25, 0.3) is 5.91 Å². The van der Waals surface area contributed by atoms with Gasteiger partial charge in [0, 0.05) is 23.5 Å². The molecule has 0 bridgehead atoms. The van der Waals surface area contributed by atoms with Gasteiger partial charge in [-0.1, -0.05) is 30.3 Å². The molecule has 0 saturated carbocycles. The Morgan fingerprint density at radius 2 is 1.92 bits per heavy atom. The van der Waals surface area contributed by atoms with E-state index in [0.29, 0.717) is 11.5 Å². The zero-order valence-corrected chi connectivity index (χ0v) is 13.0. The molecule has 0 atom stereocenters. The molecule has 0 spiro atoms. The number of benzene rings is 1. The molecule has 1 amide bonds. The summed E-state index contributed by atoms with van der Waals surface area (Å²) in [6, 6.07) is 13.1. The maximum atomic E-state index is 11.9. The SMILES string of the molecule is C/C(=N/NC(=O)Cn1nnc(-c2ccccc2)n1)c1ccncc1. The second-order valence-corrected chi connectivity index (χ2v) is 4.98. The number of tetrazole rings is 1. The first-order chi connectivity index (χ1) is 11.7. The number of carbonyl (C=O) groups excluding carboxylic acids is 1. The van der Waals surface area contributed by atoms with Gasteiger partial charge in [-0.25, -0.2) is 5.43 Å². The number of nitrogens with zero attached hydrogens (tertiary/aromatic N) is 6. The molecular weight excluding hydrogens is 306 g/mol. The van der Waals surface area contributed by atoms with E-state index in [4.69, 9.17) is 0 Å². The molecular formula is C16H15N7O. The van der Waals surface area contributed by atoms with Crippen molar-refractivity contribution in [2.75, 3.05) is 0 Å². The molecule has 0 aliphatic heterocycles. The predicted molar refractivity (Wildman–Crippen MR) is 87.8 cm³/mol. The van der Waals surface area contributed by atoms with Crippen LogP contribution in [-0.4, -0.2) is 36.8 Å². The molecule has 1 N–H and O–H groups in total. The van der Waals surface area contributed by atoms with Crippen LogP contribution in [0.5, 0.6) is 0 Å². The van der Waals surface area contributed by atoms with Crippen LogP contribution in [0.25, 0.3) is 11.4 Å². The summed E-state index contributed by atoms with van der Waals surface area (Å²) in [5.74, 6) is 0.139. The van der Waals surface area contributed by atoms with E-state index in [2.05, 4.69) is 30.9 Å². The van der Waals surface area contributed by atoms with Gasteiger partial charge in [0.15, 0.2) is 0 Å². The topological polar surface area (TPSA) is 98.0 Å². The highest BCUT2D eigenvalue weighted by Gasteiger charge is 2.08. The Bertz CT molecular complexity index is 843. The van der Waals surface area contributed by atoms with Gasteiger partial charge >= 0.3 is 0 Å². The zero-order chi connectivity index (χ0) is 16.8. The van der Waals surface area contributed by atoms with Crippen LogP contribution >= 0.6 is 0 Å². The van der Waals surface area contributed by atoms with Crippen LogP contribution in [0.3, 0.4) is 0 Å². The second-order valence-electron chi connectivity index (χ2n) is 4.98. The third kappa shape index (κ3) is 3.86. The Balaban J connectivity index is 1.61. The Morgan fingerprint density at radius 3 is 2.67 bits per heavy atom. The molecule has 2 heterocycles. The highest BCUT2D eigenvalue weighted by Crippen LogP contribution is 2.11. The van der Waals surface area contributed by atoms with Gasteiger partial charge in [-0.15, -0.1) is 10.2 Å². The highest BCUT2D eigenvalue weighted by molar-refractivity contribution is 5.99. The van der Waals surface area contributed by atoms with Crippen LogP contribution in [0.15, 0.2) is 60.0 Å². The third-order valence-corrected chi connectivity index (χ3v) is 3.22. The lowest BCUT2D eigenvalue weighted by atomic mass is 10.2. The number of hydrazone groups is 1. The fourth-order valence-corrected chi connectivity index (χ4v) is 1.98. The first-order valence-corrected chi connectivity index (χ1v) is 7.29. The number of hydrogen-bond donors (Lipinski definition) is 1. The van der Waals surface area contributed by atoms with E-state index in [-0.39, 0.29) is 12.5 Å². The minimum absolute atomic E-state index is 0.0625. The molecule has 2 aromatic heterocycles. The van der Waals surface area contributed by atoms with Crippen molar-refractivity contribution in [1.29, 1.82) is 0 Å². The van der Waals surface area contributed by atoms with Crippen LogP contribution in [-0.2, 0) is 11.3 Å². The van der Waals surface area contributed by atoms with Crippen molar-refractivity contribution < 1.29 is 4.79 Å². The Kier molecular flexibility index (Phi) is 4.66. The number of amides is 1. The van der Waals surface area contributed by atoms with Gasteiger partial charge in [-0.3, -0.25) is 9.78 Å². The second kappa shape index (κ2) is 7.23. The van der Waals surface area contributed by atoms with Crippen molar-refractivity contribution in [3.8, 4) is 11.4 Å². The van der Waals surface area contributed by atoms with Crippen molar-refractivity contribution in [3.63, 3.8) is 0 Å². The predicted octanol–water partition coefficient (Wildman–Crippen LogP) is 1.28. The first-order valence-electron chi connectivity index (χ1n) is 7.29. The van der Waals surface area contributed by atoms with Gasteiger partial charge in [0.05, 0.1) is 5.71 Å². The largest absolute Gasteiger partial charge is 0.271 e. The minimum atomic E-state index is -0.333. The Hall–Kier alpha value is -3.42. The lowest BCUT2D eigenvalue weighted by molar-refractivity contribution is -0.122. The fraction of sp³-hybridized carbons (Fsp3) is 0.125. The molecule has 0 radical (unpaired) electrons. The molecule has 0 aliphatic rings. The highest BCUT2D eigenvalue weighted by atomic mass is 16.2. The van der Waals surface area contributed by atoms with E-state index in [1.807, 2.05) is 42.5 Å². The van der Waals surface area contributed by atoms with Gasteiger partial charge in [-0.05, 0) is 24.3 Å². The number of hydrogen-bond acceptors (Lipinski definition) is 6. The molecule has 8 heteroatoms. The van der Waals surface area contributed by atoms with E-state index < -0.39 is 0 Å². The van der Waals surface area contributed by atoms with Crippen LogP contribution < -0.4 is 5.43 Å². The fourth-order valence-electron chi connectivity index (χ4n) is 1.98. The maximum absolute atomic E-state index is 11.9. The summed E-state index contributed by atoms with van der Waals surface area (Å²) in [6.45, 7) is 1.74. The normalized spacial score (nSPS) is 11.3. The molecule has 3 rings (SSSR count). The molecule has 0 unspecified atom stereocenters. The Morgan fingerprint density at radius 1 is 1.17 bits per heavy atom. The molecule has 24 heavy (non-hydrogen) atoms. The van der Waals surface area contributed by atoms with E-state index in [0.717, 1.165) is 11.1 Å². The number of aromatic nitrogens is 5. The monoisotopic (exact) mass is 321 g/mol. The van der Waals surface area contributed by atoms with E-state index in [9.17, 15) is 4.79 Å². The quantitative estimate of drug-likeness (QED) is 0.564. The molecule has 3 aromatic rings. The molecule has 0 aliphatic carbocycles. The average molecular weight is 321 g/mol. The summed E-state index contributed by atoms with van der Waals surface area (Å²) < 4.78 is 0. The van der Waals surface area contributed by atoms with Crippen LogP contribution in [0.4, 0.5) is 0 Å². The summed E-state index contributed by atoms with van der Waals surface area (Å²) in [7, 11) is 0. The van der Waals surface area contributed by atoms with Crippen LogP contribution in [0.1, 0.15) is 12.5 Å². The number of rotatable bonds is 5. The minimum Gasteiger partial charge on any atom is -0.271 e. The molecule has 0 saturated heterocycles. The summed E-state index contributed by atoms with van der Waals surface area (Å²) >= 11 is 0. The summed E-state index contributed by atoms with van der Waals surface area (Å²) in [5.41, 5.74) is 4.89. The maximum Gasteiger partial charge on any atom is 0.263 e. The number of pyridine rings is 1. The van der Waals surface area contributed by atoms with E-state index in [1.165, 1.54) is 4.80 Å². The van der Waals surface area contributed by atoms with Gasteiger partial charge < -0.3 is 0 Å². The van der Waals surface area contributed by atoms with Crippen LogP contribution in [0.2, 0.25) is 0 Å². The van der Waals surface area contributed by atoms with Gasteiger partial charge in [0.2, 0.25) is 5.82 Å². The van der Waals surface area contributed by atoms with Crippen molar-refractivity contribution in [1.82, 2.24) is 30.6 Å². The summed E-state index contributed by atoms with van der Waals surface area (Å²) in [6.07, 6.45) is 3.33. The van der Waals surface area contributed by atoms with Gasteiger partial charge in [-0.2, -0.15) is 9.90 Å². The average Bonchev–Trinajstić information content (AvgIpc) is 3.09. The van der Waals surface area contributed by atoms with Gasteiger partial charge in [0.1, 0.15) is 6.54 Å². The Labute approximate surface area is 138 Å². The van der Waals surface area contributed by atoms with Crippen molar-refractivity contribution in [2.45, 2.75) is 13.5 Å². The van der Waals surface area contributed by atoms with E-state index >= 15 is 0 Å². The molecule has 120 valence electrons. The lowest BCUT2D eigenvalue weighted by Gasteiger charge is -2.02. The smallest absolute Gasteiger partial charge is 0.263 e. The van der Waals surface area contributed by atoms with Crippen molar-refractivity contribution in [3.05, 3.63) is 60.4 Å². The standard InChI is InChI=1S/C16H15N7O/c1-12(13-7-9-17-10-8-13)18-19-15(24)11-23-21-16(20-22-23)14-5-3-2-4-6-14/h2-10H,11H2,1H3,(H,19,24)/b18-12-. The molecule has 8 nitrogen and oxygen atoms in total. The van der Waals surface area contributed by atoms with Crippen LogP contribution in [0, 0.1) is 0 Å². The van der Waals surface area contributed by atoms with Crippen molar-refractivity contribution in [2.24, 2.45) is 5.10 Å². The lowest BCUT2D eigenvalue weighted by Crippen LogP contribution is -2.25. The summed E-state index contributed by atoms with van der Waals surface area (Å²) in [5, 5.41) is 16.1. The molecule has 0 fully saturated rings. The third-order valence-electron chi connectivity index (χ3n) is 3.22. The zero-order valence-electron chi connectivity index (χ0n) is 13.0. The molecule has 1 aromatic carbocycles. The van der Waals surface area contributed by atoms with E-state index in [1.54, 1.807) is 19.3 Å². The van der Waals surface area contributed by atoms with Crippen molar-refractivity contribution >= 4 is 11.6 Å². The summed E-state index contributed by atoms with van der Waals surface area (Å²) in [4.78, 5) is 17.1. The number of nitrogens with one attached hydrogen (secondary N) is 1.